The first-order chi connectivity index (χ1) is 6.79. The van der Waals surface area contributed by atoms with Gasteiger partial charge in [-0.15, -0.1) is 0 Å². The summed E-state index contributed by atoms with van der Waals surface area (Å²) in [6.07, 6.45) is 5.41. The van der Waals surface area contributed by atoms with Gasteiger partial charge < -0.3 is 9.73 Å². The molecule has 2 nitrogen and oxygen atoms in total. The Morgan fingerprint density at radius 2 is 2.36 bits per heavy atom. The fraction of sp³-hybridized carbons (Fsp3) is 0.636. The molecule has 78 valence electrons. The van der Waals surface area contributed by atoms with Crippen molar-refractivity contribution in [1.29, 1.82) is 0 Å². The van der Waals surface area contributed by atoms with E-state index in [1.165, 1.54) is 6.26 Å². The van der Waals surface area contributed by atoms with Crippen LogP contribution in [0.15, 0.2) is 16.9 Å². The van der Waals surface area contributed by atoms with Crippen LogP contribution in [0.25, 0.3) is 0 Å². The molecule has 1 aliphatic rings. The number of aryl methyl sites for hydroxylation is 1. The smallest absolute Gasteiger partial charge is 0.144 e. The number of nitrogens with one attached hydrogen (secondary N) is 1. The number of rotatable bonds is 2. The standard InChI is InChI=1S/C11H16FNO/c1-8-6-14-7-9(8)11(12)10-4-2-3-5-13-10/h6-7,10-11,13H,2-5H2,1H3. The maximum Gasteiger partial charge on any atom is 0.144 e. The SMILES string of the molecule is Cc1cocc1C(F)C1CCCCN1. The number of piperidine rings is 1. The van der Waals surface area contributed by atoms with Gasteiger partial charge in [0.2, 0.25) is 0 Å². The van der Waals surface area contributed by atoms with Crippen molar-refractivity contribution >= 4 is 0 Å². The molecule has 3 heteroatoms. The lowest BCUT2D eigenvalue weighted by Gasteiger charge is -2.26. The van der Waals surface area contributed by atoms with Crippen molar-refractivity contribution in [3.8, 4) is 0 Å². The Labute approximate surface area is 83.5 Å². The van der Waals surface area contributed by atoms with Crippen molar-refractivity contribution in [1.82, 2.24) is 5.32 Å². The van der Waals surface area contributed by atoms with Gasteiger partial charge in [0.1, 0.15) is 6.17 Å². The van der Waals surface area contributed by atoms with Crippen molar-refractivity contribution in [3.05, 3.63) is 23.7 Å². The first kappa shape index (κ1) is 9.71. The topological polar surface area (TPSA) is 25.2 Å². The van der Waals surface area contributed by atoms with Crippen molar-refractivity contribution < 1.29 is 8.81 Å². The maximum atomic E-state index is 14.0. The number of halogens is 1. The van der Waals surface area contributed by atoms with Crippen LogP contribution in [0, 0.1) is 6.92 Å². The number of furan rings is 1. The molecular weight excluding hydrogens is 181 g/mol. The molecule has 0 aromatic carbocycles. The van der Waals surface area contributed by atoms with E-state index in [1.54, 1.807) is 6.26 Å². The summed E-state index contributed by atoms with van der Waals surface area (Å²) < 4.78 is 19.0. The molecule has 2 heterocycles. The average molecular weight is 197 g/mol. The molecular formula is C11H16FNO. The van der Waals surface area contributed by atoms with E-state index in [0.29, 0.717) is 5.56 Å². The molecule has 2 atom stereocenters. The molecule has 0 spiro atoms. The van der Waals surface area contributed by atoms with Gasteiger partial charge in [-0.3, -0.25) is 0 Å². The quantitative estimate of drug-likeness (QED) is 0.788. The predicted octanol–water partition coefficient (Wildman–Crippen LogP) is 2.74. The third-order valence-corrected chi connectivity index (χ3v) is 2.89. The van der Waals surface area contributed by atoms with Gasteiger partial charge in [-0.05, 0) is 31.9 Å². The molecule has 0 aliphatic carbocycles. The average Bonchev–Trinajstić information content (AvgIpc) is 2.65. The van der Waals surface area contributed by atoms with Gasteiger partial charge in [-0.2, -0.15) is 0 Å². The van der Waals surface area contributed by atoms with Gasteiger partial charge in [0.25, 0.3) is 0 Å². The first-order valence-corrected chi connectivity index (χ1v) is 5.19. The third kappa shape index (κ3) is 1.82. The van der Waals surface area contributed by atoms with Crippen LogP contribution in [0.3, 0.4) is 0 Å². The lowest BCUT2D eigenvalue weighted by Crippen LogP contribution is -2.37. The normalized spacial score (nSPS) is 24.9. The first-order valence-electron chi connectivity index (χ1n) is 5.19. The molecule has 1 aliphatic heterocycles. The highest BCUT2D eigenvalue weighted by atomic mass is 19.1. The van der Waals surface area contributed by atoms with Gasteiger partial charge >= 0.3 is 0 Å². The number of alkyl halides is 1. The Morgan fingerprint density at radius 3 is 2.93 bits per heavy atom. The Bertz CT molecular complexity index is 291. The summed E-state index contributed by atoms with van der Waals surface area (Å²) >= 11 is 0. The van der Waals surface area contributed by atoms with Crippen molar-refractivity contribution in [3.63, 3.8) is 0 Å². The van der Waals surface area contributed by atoms with E-state index in [1.807, 2.05) is 6.92 Å². The molecule has 0 bridgehead atoms. The third-order valence-electron chi connectivity index (χ3n) is 2.89. The van der Waals surface area contributed by atoms with E-state index in [-0.39, 0.29) is 6.04 Å². The van der Waals surface area contributed by atoms with Crippen LogP contribution in [-0.2, 0) is 0 Å². The van der Waals surface area contributed by atoms with Crippen molar-refractivity contribution in [2.24, 2.45) is 0 Å². The Balaban J connectivity index is 2.07. The predicted molar refractivity (Wildman–Crippen MR) is 52.9 cm³/mol. The molecule has 1 fully saturated rings. The van der Waals surface area contributed by atoms with E-state index in [2.05, 4.69) is 5.32 Å². The van der Waals surface area contributed by atoms with E-state index >= 15 is 0 Å². The molecule has 1 N–H and O–H groups in total. The van der Waals surface area contributed by atoms with E-state index in [0.717, 1.165) is 31.4 Å². The lowest BCUT2D eigenvalue weighted by atomic mass is 9.96. The molecule has 2 unspecified atom stereocenters. The lowest BCUT2D eigenvalue weighted by molar-refractivity contribution is 0.219. The molecule has 1 aromatic heterocycles. The van der Waals surface area contributed by atoms with Gasteiger partial charge in [-0.1, -0.05) is 6.42 Å². The van der Waals surface area contributed by atoms with Gasteiger partial charge in [0.05, 0.1) is 12.5 Å². The van der Waals surface area contributed by atoms with E-state index in [4.69, 9.17) is 4.42 Å². The van der Waals surface area contributed by atoms with Gasteiger partial charge in [0, 0.05) is 11.6 Å². The van der Waals surface area contributed by atoms with Crippen LogP contribution < -0.4 is 5.32 Å². The van der Waals surface area contributed by atoms with E-state index < -0.39 is 6.17 Å². The fourth-order valence-corrected chi connectivity index (χ4v) is 2.00. The minimum atomic E-state index is -0.922. The van der Waals surface area contributed by atoms with Crippen molar-refractivity contribution in [2.45, 2.75) is 38.4 Å². The van der Waals surface area contributed by atoms with Crippen LogP contribution in [0.1, 0.15) is 36.6 Å². The zero-order chi connectivity index (χ0) is 9.97. The molecule has 0 amide bonds. The minimum Gasteiger partial charge on any atom is -0.472 e. The van der Waals surface area contributed by atoms with Crippen LogP contribution in [-0.4, -0.2) is 12.6 Å². The van der Waals surface area contributed by atoms with Gasteiger partial charge in [-0.25, -0.2) is 4.39 Å². The second-order valence-corrected chi connectivity index (χ2v) is 3.97. The van der Waals surface area contributed by atoms with Crippen LogP contribution in [0.4, 0.5) is 4.39 Å². The summed E-state index contributed by atoms with van der Waals surface area (Å²) in [6, 6.07) is -0.0277. The monoisotopic (exact) mass is 197 g/mol. The summed E-state index contributed by atoms with van der Waals surface area (Å²) in [6.45, 7) is 2.82. The molecule has 14 heavy (non-hydrogen) atoms. The highest BCUT2D eigenvalue weighted by Crippen LogP contribution is 2.29. The maximum absolute atomic E-state index is 14.0. The minimum absolute atomic E-state index is 0.0277. The largest absolute Gasteiger partial charge is 0.472 e. The zero-order valence-electron chi connectivity index (χ0n) is 8.42. The van der Waals surface area contributed by atoms with Crippen LogP contribution in [0.2, 0.25) is 0 Å². The highest BCUT2D eigenvalue weighted by Gasteiger charge is 2.26. The summed E-state index contributed by atoms with van der Waals surface area (Å²) in [5.41, 5.74) is 1.61. The van der Waals surface area contributed by atoms with Crippen molar-refractivity contribution in [2.75, 3.05) is 6.54 Å². The Morgan fingerprint density at radius 1 is 1.50 bits per heavy atom. The second-order valence-electron chi connectivity index (χ2n) is 3.97. The molecule has 1 aromatic rings. The Kier molecular flexibility index (Phi) is 2.87. The molecule has 2 rings (SSSR count). The summed E-state index contributed by atoms with van der Waals surface area (Å²) in [4.78, 5) is 0. The molecule has 1 saturated heterocycles. The fourth-order valence-electron chi connectivity index (χ4n) is 2.00. The van der Waals surface area contributed by atoms with Gasteiger partial charge in [0.15, 0.2) is 0 Å². The zero-order valence-corrected chi connectivity index (χ0v) is 8.42. The number of hydrogen-bond acceptors (Lipinski definition) is 2. The summed E-state index contributed by atoms with van der Waals surface area (Å²) in [5, 5.41) is 3.22. The summed E-state index contributed by atoms with van der Waals surface area (Å²) in [7, 11) is 0. The highest BCUT2D eigenvalue weighted by molar-refractivity contribution is 5.23. The number of hydrogen-bond donors (Lipinski definition) is 1. The second kappa shape index (κ2) is 4.13. The molecule has 0 radical (unpaired) electrons. The summed E-state index contributed by atoms with van der Waals surface area (Å²) in [5.74, 6) is 0. The van der Waals surface area contributed by atoms with Crippen LogP contribution in [0.5, 0.6) is 0 Å². The van der Waals surface area contributed by atoms with E-state index in [9.17, 15) is 4.39 Å². The molecule has 0 saturated carbocycles. The van der Waals surface area contributed by atoms with Crippen LogP contribution >= 0.6 is 0 Å². The Hall–Kier alpha value is -0.830.